The van der Waals surface area contributed by atoms with Crippen molar-refractivity contribution in [2.45, 2.75) is 0 Å². The number of fused-ring (bicyclic) bond motifs is 1. The van der Waals surface area contributed by atoms with Gasteiger partial charge in [-0.15, -0.1) is 0 Å². The molecule has 0 bridgehead atoms. The van der Waals surface area contributed by atoms with Crippen molar-refractivity contribution >= 4 is 29.2 Å². The number of carbonyl (C=O) groups is 1. The van der Waals surface area contributed by atoms with Gasteiger partial charge in [0.15, 0.2) is 5.69 Å². The molecule has 1 aromatic carbocycles. The summed E-state index contributed by atoms with van der Waals surface area (Å²) in [5, 5.41) is 7.20. The van der Waals surface area contributed by atoms with Crippen LogP contribution in [0.15, 0.2) is 48.9 Å². The molecule has 1 radical (unpaired) electrons. The van der Waals surface area contributed by atoms with Gasteiger partial charge < -0.3 is 19.7 Å². The lowest BCUT2D eigenvalue weighted by Crippen LogP contribution is -2.36. The Morgan fingerprint density at radius 1 is 1.09 bits per heavy atom. The minimum absolute atomic E-state index is 0.347. The molecule has 2 aliphatic rings. The van der Waals surface area contributed by atoms with Crippen LogP contribution >= 0.6 is 0 Å². The summed E-state index contributed by atoms with van der Waals surface area (Å²) in [7, 11) is 1.53. The highest BCUT2D eigenvalue weighted by Crippen LogP contribution is 2.32. The van der Waals surface area contributed by atoms with Crippen LogP contribution in [-0.4, -0.2) is 54.3 Å². The van der Waals surface area contributed by atoms with Crippen molar-refractivity contribution in [3.63, 3.8) is 0 Å². The number of aromatic nitrogens is 3. The van der Waals surface area contributed by atoms with E-state index in [0.717, 1.165) is 37.7 Å². The Labute approximate surface area is 185 Å². The molecule has 5 rings (SSSR count). The van der Waals surface area contributed by atoms with Crippen molar-refractivity contribution in [2.24, 2.45) is 0 Å². The lowest BCUT2D eigenvalue weighted by atomic mass is 10.0. The van der Waals surface area contributed by atoms with Gasteiger partial charge in [0.05, 0.1) is 31.6 Å². The number of anilines is 3. The highest BCUT2D eigenvalue weighted by Gasteiger charge is 2.24. The summed E-state index contributed by atoms with van der Waals surface area (Å²) >= 11 is 0. The Hall–Kier alpha value is -3.98. The van der Waals surface area contributed by atoms with Gasteiger partial charge in [-0.1, -0.05) is 0 Å². The van der Waals surface area contributed by atoms with Crippen LogP contribution in [0.3, 0.4) is 0 Å². The number of hydrogen-bond acceptors (Lipinski definition) is 8. The summed E-state index contributed by atoms with van der Waals surface area (Å²) in [4.78, 5) is 28.1. The van der Waals surface area contributed by atoms with E-state index >= 15 is 0 Å². The normalized spacial score (nSPS) is 15.2. The van der Waals surface area contributed by atoms with Gasteiger partial charge in [0.2, 0.25) is 5.88 Å². The van der Waals surface area contributed by atoms with Crippen molar-refractivity contribution in [3.8, 4) is 17.3 Å². The summed E-state index contributed by atoms with van der Waals surface area (Å²) in [6.45, 7) is 3.19. The van der Waals surface area contributed by atoms with Gasteiger partial charge >= 0.3 is 0 Å². The molecule has 2 aliphatic heterocycles. The lowest BCUT2D eigenvalue weighted by Gasteiger charge is -2.29. The standard InChI is InChI=1S/C23H21N6O3/c1-31-23-20(24-8-9-26-23)18-14-15-6-7-25-22(30)19(15)21(28-18)27-16-2-4-17(5-3-16)29-10-12-32-13-11-29/h2-9,14H,10-13H2,1H3,(H,27,28). The number of amides is 1. The van der Waals surface area contributed by atoms with Crippen molar-refractivity contribution in [1.29, 1.82) is 0 Å². The molecule has 1 amide bonds. The van der Waals surface area contributed by atoms with Crippen LogP contribution in [0, 0.1) is 0 Å². The molecule has 2 aromatic heterocycles. The summed E-state index contributed by atoms with van der Waals surface area (Å²) in [6.07, 6.45) is 6.39. The van der Waals surface area contributed by atoms with Gasteiger partial charge in [0.1, 0.15) is 5.82 Å². The van der Waals surface area contributed by atoms with E-state index < -0.39 is 0 Å². The van der Waals surface area contributed by atoms with Gasteiger partial charge in [-0.25, -0.2) is 20.3 Å². The van der Waals surface area contributed by atoms with Gasteiger partial charge in [0.25, 0.3) is 5.91 Å². The first-order chi connectivity index (χ1) is 15.7. The third-order valence-corrected chi connectivity index (χ3v) is 5.32. The zero-order valence-corrected chi connectivity index (χ0v) is 17.5. The Kier molecular flexibility index (Phi) is 5.39. The van der Waals surface area contributed by atoms with Gasteiger partial charge in [0, 0.05) is 43.1 Å². The fourth-order valence-electron chi connectivity index (χ4n) is 3.75. The number of benzene rings is 1. The van der Waals surface area contributed by atoms with Crippen LogP contribution in [0.5, 0.6) is 5.88 Å². The molecule has 0 aliphatic carbocycles. The third-order valence-electron chi connectivity index (χ3n) is 5.32. The van der Waals surface area contributed by atoms with Crippen LogP contribution in [0.2, 0.25) is 0 Å². The monoisotopic (exact) mass is 429 g/mol. The van der Waals surface area contributed by atoms with E-state index in [1.54, 1.807) is 24.5 Å². The summed E-state index contributed by atoms with van der Waals surface area (Å²) in [5.74, 6) is 0.416. The quantitative estimate of drug-likeness (QED) is 0.660. The predicted molar refractivity (Wildman–Crippen MR) is 120 cm³/mol. The third kappa shape index (κ3) is 3.85. The Morgan fingerprint density at radius 3 is 2.66 bits per heavy atom. The van der Waals surface area contributed by atoms with Crippen molar-refractivity contribution in [2.75, 3.05) is 43.6 Å². The fourth-order valence-corrected chi connectivity index (χ4v) is 3.75. The van der Waals surface area contributed by atoms with Crippen molar-refractivity contribution in [1.82, 2.24) is 20.3 Å². The van der Waals surface area contributed by atoms with Gasteiger partial charge in [-0.3, -0.25) is 4.79 Å². The predicted octanol–water partition coefficient (Wildman–Crippen LogP) is 2.86. The molecule has 161 valence electrons. The van der Waals surface area contributed by atoms with E-state index in [2.05, 4.69) is 30.5 Å². The molecule has 32 heavy (non-hydrogen) atoms. The zero-order valence-electron chi connectivity index (χ0n) is 17.5. The summed E-state index contributed by atoms with van der Waals surface area (Å²) < 4.78 is 10.8. The molecule has 0 unspecified atom stereocenters. The molecule has 0 atom stereocenters. The van der Waals surface area contributed by atoms with Crippen LogP contribution in [-0.2, 0) is 4.74 Å². The van der Waals surface area contributed by atoms with E-state index in [4.69, 9.17) is 9.47 Å². The number of pyridine rings is 1. The number of ether oxygens (including phenoxy) is 2. The molecular formula is C23H21N6O3. The van der Waals surface area contributed by atoms with Crippen LogP contribution in [0.4, 0.5) is 17.2 Å². The van der Waals surface area contributed by atoms with Crippen LogP contribution in [0.1, 0.15) is 15.9 Å². The van der Waals surface area contributed by atoms with E-state index in [9.17, 15) is 4.79 Å². The maximum Gasteiger partial charge on any atom is 0.281 e. The van der Waals surface area contributed by atoms with E-state index in [1.807, 2.05) is 24.3 Å². The molecule has 1 N–H and O–H groups in total. The van der Waals surface area contributed by atoms with Crippen molar-refractivity contribution < 1.29 is 14.3 Å². The highest BCUT2D eigenvalue weighted by molar-refractivity contribution is 6.05. The van der Waals surface area contributed by atoms with Gasteiger partial charge in [-0.2, -0.15) is 0 Å². The number of morpholine rings is 1. The first kappa shape index (κ1) is 20.0. The molecule has 3 aromatic rings. The lowest BCUT2D eigenvalue weighted by molar-refractivity contribution is 0.0965. The van der Waals surface area contributed by atoms with Gasteiger partial charge in [-0.05, 0) is 42.0 Å². The molecule has 9 heteroatoms. The molecular weight excluding hydrogens is 408 g/mol. The van der Waals surface area contributed by atoms with Crippen LogP contribution in [0.25, 0.3) is 17.5 Å². The Balaban J connectivity index is 1.51. The maximum atomic E-state index is 12.6. The van der Waals surface area contributed by atoms with E-state index in [1.165, 1.54) is 13.3 Å². The Bertz CT molecular complexity index is 1170. The first-order valence-corrected chi connectivity index (χ1v) is 10.2. The smallest absolute Gasteiger partial charge is 0.281 e. The topological polar surface area (TPSA) is 104 Å². The maximum absolute atomic E-state index is 12.6. The molecule has 4 heterocycles. The average Bonchev–Trinajstić information content (AvgIpc) is 2.85. The van der Waals surface area contributed by atoms with E-state index in [0.29, 0.717) is 34.2 Å². The SMILES string of the molecule is COc1nccnc1-c1cc2c(c(Nc3ccc(N4CCOCC4)cc3)n1)C(=O)[N]C=C2. The zero-order chi connectivity index (χ0) is 21.9. The summed E-state index contributed by atoms with van der Waals surface area (Å²) in [6, 6.07) is 9.81. The minimum Gasteiger partial charge on any atom is -0.479 e. The minimum atomic E-state index is -0.347. The number of methoxy groups -OCH3 is 1. The average molecular weight is 429 g/mol. The number of rotatable bonds is 5. The summed E-state index contributed by atoms with van der Waals surface area (Å²) in [5.41, 5.74) is 4.09. The second-order valence-electron chi connectivity index (χ2n) is 7.26. The highest BCUT2D eigenvalue weighted by atomic mass is 16.5. The van der Waals surface area contributed by atoms with Crippen LogP contribution < -0.4 is 20.3 Å². The first-order valence-electron chi connectivity index (χ1n) is 10.2. The second kappa shape index (κ2) is 8.64. The molecule has 0 spiro atoms. The number of hydrogen-bond donors (Lipinski definition) is 1. The molecule has 1 saturated heterocycles. The Morgan fingerprint density at radius 2 is 1.88 bits per heavy atom. The van der Waals surface area contributed by atoms with E-state index in [-0.39, 0.29) is 5.91 Å². The molecule has 0 saturated carbocycles. The molecule has 1 fully saturated rings. The fraction of sp³-hybridized carbons (Fsp3) is 0.217. The second-order valence-corrected chi connectivity index (χ2v) is 7.26. The molecule has 9 nitrogen and oxygen atoms in total. The number of nitrogens with zero attached hydrogens (tertiary/aromatic N) is 5. The number of nitrogens with one attached hydrogen (secondary N) is 1. The van der Waals surface area contributed by atoms with Crippen molar-refractivity contribution in [3.05, 3.63) is 60.1 Å². The number of carbonyl (C=O) groups excluding carboxylic acids is 1. The largest absolute Gasteiger partial charge is 0.479 e.